The highest BCUT2D eigenvalue weighted by Gasteiger charge is 2.41. The van der Waals surface area contributed by atoms with E-state index < -0.39 is 5.79 Å². The molecule has 0 saturated heterocycles. The first kappa shape index (κ1) is 20.1. The van der Waals surface area contributed by atoms with E-state index in [9.17, 15) is 4.79 Å². The second-order valence-electron chi connectivity index (χ2n) is 5.63. The van der Waals surface area contributed by atoms with Crippen molar-refractivity contribution in [2.24, 2.45) is 0 Å². The predicted molar refractivity (Wildman–Crippen MR) is 96.2 cm³/mol. The maximum atomic E-state index is 13.0. The lowest BCUT2D eigenvalue weighted by Gasteiger charge is -2.29. The molecule has 2 rings (SSSR count). The normalized spacial score (nSPS) is 11.3. The molecular formula is C20H24O6. The first-order chi connectivity index (χ1) is 12.7. The minimum absolute atomic E-state index is 0.284. The molecule has 0 spiro atoms. The Hall–Kier alpha value is -2.25. The number of ether oxygens (including phenoxy) is 3. The smallest absolute Gasteiger partial charge is 0.260 e. The van der Waals surface area contributed by atoms with Crippen LogP contribution in [0.15, 0.2) is 54.6 Å². The first-order valence-electron chi connectivity index (χ1n) is 8.37. The maximum Gasteiger partial charge on any atom is 0.260 e. The van der Waals surface area contributed by atoms with Gasteiger partial charge in [-0.2, -0.15) is 0 Å². The van der Waals surface area contributed by atoms with Crippen LogP contribution in [0.5, 0.6) is 5.75 Å². The van der Waals surface area contributed by atoms with Gasteiger partial charge in [0.25, 0.3) is 5.79 Å². The summed E-state index contributed by atoms with van der Waals surface area (Å²) in [6, 6.07) is 15.9. The molecule has 2 aromatic rings. The Labute approximate surface area is 153 Å². The van der Waals surface area contributed by atoms with E-state index in [2.05, 4.69) is 4.89 Å². The van der Waals surface area contributed by atoms with Crippen molar-refractivity contribution < 1.29 is 29.1 Å². The standard InChI is InChI=1S/C20H24O6/c1-23-20(24-2,17-8-4-3-5-9-17)19(21)16-10-12-18(13-11-16)25-14-6-7-15-26-22/h3-5,8-13,22H,6-7,14-15H2,1-2H3. The summed E-state index contributed by atoms with van der Waals surface area (Å²) in [6.07, 6.45) is 1.46. The van der Waals surface area contributed by atoms with Gasteiger partial charge in [0.1, 0.15) is 5.75 Å². The van der Waals surface area contributed by atoms with Gasteiger partial charge >= 0.3 is 0 Å². The van der Waals surface area contributed by atoms with Crippen LogP contribution in [0, 0.1) is 0 Å². The molecular weight excluding hydrogens is 336 g/mol. The Kier molecular flexibility index (Phi) is 7.74. The lowest BCUT2D eigenvalue weighted by molar-refractivity contribution is -0.242. The van der Waals surface area contributed by atoms with Crippen molar-refractivity contribution in [3.8, 4) is 5.75 Å². The highest BCUT2D eigenvalue weighted by Crippen LogP contribution is 2.30. The van der Waals surface area contributed by atoms with Crippen LogP contribution in [0.3, 0.4) is 0 Å². The molecule has 6 heteroatoms. The first-order valence-corrected chi connectivity index (χ1v) is 8.37. The minimum atomic E-state index is -1.49. The van der Waals surface area contributed by atoms with Crippen molar-refractivity contribution in [2.75, 3.05) is 27.4 Å². The Bertz CT molecular complexity index is 664. The third-order valence-electron chi connectivity index (χ3n) is 4.04. The molecule has 0 saturated carbocycles. The summed E-state index contributed by atoms with van der Waals surface area (Å²) in [5.41, 5.74) is 1.08. The summed E-state index contributed by atoms with van der Waals surface area (Å²) >= 11 is 0. The third kappa shape index (κ3) is 4.68. The molecule has 0 amide bonds. The molecule has 1 N–H and O–H groups in total. The molecule has 6 nitrogen and oxygen atoms in total. The van der Waals surface area contributed by atoms with Gasteiger partial charge in [0, 0.05) is 25.3 Å². The number of rotatable bonds is 11. The number of methoxy groups -OCH3 is 2. The fraction of sp³-hybridized carbons (Fsp3) is 0.350. The number of carbonyl (C=O) groups is 1. The van der Waals surface area contributed by atoms with Gasteiger partial charge in [-0.25, -0.2) is 4.89 Å². The van der Waals surface area contributed by atoms with Crippen molar-refractivity contribution in [2.45, 2.75) is 18.6 Å². The average Bonchev–Trinajstić information content (AvgIpc) is 2.70. The Morgan fingerprint density at radius 2 is 1.54 bits per heavy atom. The van der Waals surface area contributed by atoms with E-state index in [1.54, 1.807) is 36.4 Å². The Balaban J connectivity index is 2.10. The zero-order valence-electron chi connectivity index (χ0n) is 15.0. The minimum Gasteiger partial charge on any atom is -0.494 e. The molecule has 0 bridgehead atoms. The number of ketones is 1. The van der Waals surface area contributed by atoms with Gasteiger partial charge < -0.3 is 14.2 Å². The van der Waals surface area contributed by atoms with Gasteiger partial charge in [-0.15, -0.1) is 0 Å². The van der Waals surface area contributed by atoms with Crippen molar-refractivity contribution in [3.63, 3.8) is 0 Å². The predicted octanol–water partition coefficient (Wildman–Crippen LogP) is 3.66. The number of hydrogen-bond acceptors (Lipinski definition) is 6. The Morgan fingerprint density at radius 3 is 2.12 bits per heavy atom. The van der Waals surface area contributed by atoms with Crippen LogP contribution in [-0.2, 0) is 20.1 Å². The second kappa shape index (κ2) is 10.0. The molecule has 26 heavy (non-hydrogen) atoms. The number of carbonyl (C=O) groups excluding carboxylic acids is 1. The molecule has 0 aliphatic carbocycles. The molecule has 0 aliphatic heterocycles. The van der Waals surface area contributed by atoms with E-state index in [0.29, 0.717) is 29.9 Å². The summed E-state index contributed by atoms with van der Waals surface area (Å²) in [5.74, 6) is -1.12. The monoisotopic (exact) mass is 360 g/mol. The van der Waals surface area contributed by atoms with Gasteiger partial charge in [-0.3, -0.25) is 10.1 Å². The van der Waals surface area contributed by atoms with Crippen LogP contribution in [0.2, 0.25) is 0 Å². The molecule has 0 heterocycles. The van der Waals surface area contributed by atoms with Crippen LogP contribution in [0.25, 0.3) is 0 Å². The van der Waals surface area contributed by atoms with Crippen LogP contribution in [0.4, 0.5) is 0 Å². The van der Waals surface area contributed by atoms with E-state index >= 15 is 0 Å². The highest BCUT2D eigenvalue weighted by molar-refractivity contribution is 6.02. The number of benzene rings is 2. The molecule has 0 aromatic heterocycles. The summed E-state index contributed by atoms with van der Waals surface area (Å²) < 4.78 is 16.6. The Morgan fingerprint density at radius 1 is 0.923 bits per heavy atom. The average molecular weight is 360 g/mol. The SMILES string of the molecule is COC(OC)(C(=O)c1ccc(OCCCCOO)cc1)c1ccccc1. The lowest BCUT2D eigenvalue weighted by atomic mass is 9.96. The fourth-order valence-corrected chi connectivity index (χ4v) is 2.64. The van der Waals surface area contributed by atoms with Gasteiger partial charge in [0.15, 0.2) is 0 Å². The molecule has 0 fully saturated rings. The number of Topliss-reactive ketones (excluding diaryl/α,β-unsaturated/α-hetero) is 1. The maximum absolute atomic E-state index is 13.0. The van der Waals surface area contributed by atoms with Crippen molar-refractivity contribution in [3.05, 3.63) is 65.7 Å². The van der Waals surface area contributed by atoms with E-state index in [4.69, 9.17) is 19.5 Å². The zero-order chi connectivity index (χ0) is 18.8. The fourth-order valence-electron chi connectivity index (χ4n) is 2.64. The molecule has 2 aromatic carbocycles. The summed E-state index contributed by atoms with van der Waals surface area (Å²) in [4.78, 5) is 17.1. The van der Waals surface area contributed by atoms with Crippen LogP contribution in [0.1, 0.15) is 28.8 Å². The van der Waals surface area contributed by atoms with Crippen molar-refractivity contribution in [1.29, 1.82) is 0 Å². The van der Waals surface area contributed by atoms with Gasteiger partial charge in [-0.05, 0) is 37.1 Å². The highest BCUT2D eigenvalue weighted by atomic mass is 17.1. The topological polar surface area (TPSA) is 74.2 Å². The van der Waals surface area contributed by atoms with E-state index in [1.165, 1.54) is 14.2 Å². The van der Waals surface area contributed by atoms with E-state index in [1.807, 2.05) is 18.2 Å². The van der Waals surface area contributed by atoms with Crippen LogP contribution >= 0.6 is 0 Å². The zero-order valence-corrected chi connectivity index (χ0v) is 15.0. The molecule has 0 aliphatic rings. The van der Waals surface area contributed by atoms with Gasteiger partial charge in [-0.1, -0.05) is 30.3 Å². The number of unbranched alkanes of at least 4 members (excludes halogenated alkanes) is 1. The lowest BCUT2D eigenvalue weighted by Crippen LogP contribution is -2.39. The summed E-state index contributed by atoms with van der Waals surface area (Å²) in [5, 5.41) is 8.26. The molecule has 0 unspecified atom stereocenters. The second-order valence-corrected chi connectivity index (χ2v) is 5.63. The number of hydrogen-bond donors (Lipinski definition) is 1. The van der Waals surface area contributed by atoms with Gasteiger partial charge in [0.05, 0.1) is 13.2 Å². The largest absolute Gasteiger partial charge is 0.494 e. The van der Waals surface area contributed by atoms with Crippen LogP contribution < -0.4 is 4.74 Å². The summed E-state index contributed by atoms with van der Waals surface area (Å²) in [6.45, 7) is 0.785. The summed E-state index contributed by atoms with van der Waals surface area (Å²) in [7, 11) is 2.89. The van der Waals surface area contributed by atoms with Crippen molar-refractivity contribution in [1.82, 2.24) is 0 Å². The molecule has 0 atom stereocenters. The van der Waals surface area contributed by atoms with Crippen molar-refractivity contribution >= 4 is 5.78 Å². The quantitative estimate of drug-likeness (QED) is 0.217. The molecule has 0 radical (unpaired) electrons. The third-order valence-corrected chi connectivity index (χ3v) is 4.04. The van der Waals surface area contributed by atoms with E-state index in [0.717, 1.165) is 6.42 Å². The van der Waals surface area contributed by atoms with Gasteiger partial charge in [0.2, 0.25) is 5.78 Å². The van der Waals surface area contributed by atoms with Crippen LogP contribution in [-0.4, -0.2) is 38.5 Å². The molecule has 140 valence electrons. The van der Waals surface area contributed by atoms with E-state index in [-0.39, 0.29) is 12.4 Å².